The van der Waals surface area contributed by atoms with Gasteiger partial charge in [-0.2, -0.15) is 0 Å². The summed E-state index contributed by atoms with van der Waals surface area (Å²) >= 11 is 6.14. The Balaban J connectivity index is 2.06. The number of fused-ring (bicyclic) bond motifs is 1. The average Bonchev–Trinajstić information content (AvgIpc) is 2.38. The number of halogens is 1. The van der Waals surface area contributed by atoms with Gasteiger partial charge in [0.15, 0.2) is 0 Å². The average molecular weight is 270 g/mol. The summed E-state index contributed by atoms with van der Waals surface area (Å²) in [4.78, 5) is 0. The molecule has 0 fully saturated rings. The Morgan fingerprint density at radius 1 is 1.56 bits per heavy atom. The van der Waals surface area contributed by atoms with Gasteiger partial charge in [0.05, 0.1) is 11.6 Å². The molecule has 4 heteroatoms. The van der Waals surface area contributed by atoms with E-state index in [0.29, 0.717) is 23.7 Å². The quantitative estimate of drug-likeness (QED) is 0.864. The van der Waals surface area contributed by atoms with Gasteiger partial charge in [0.1, 0.15) is 5.75 Å². The fourth-order valence-corrected chi connectivity index (χ4v) is 2.62. The molecule has 2 atom stereocenters. The zero-order valence-electron chi connectivity index (χ0n) is 10.7. The molecule has 18 heavy (non-hydrogen) atoms. The standard InChI is InChI=1S/C14H20ClNO2/c1-10(4-3-8-17)16-13-7-9-18-14-11(13)5-2-6-12(14)15/h2,5-6,10,13,16-17H,3-4,7-9H2,1H3. The highest BCUT2D eigenvalue weighted by molar-refractivity contribution is 6.32. The molecular formula is C14H20ClNO2. The summed E-state index contributed by atoms with van der Waals surface area (Å²) in [6, 6.07) is 6.56. The van der Waals surface area contributed by atoms with Crippen LogP contribution in [0.3, 0.4) is 0 Å². The lowest BCUT2D eigenvalue weighted by molar-refractivity contribution is 0.237. The Morgan fingerprint density at radius 3 is 3.17 bits per heavy atom. The van der Waals surface area contributed by atoms with Crippen molar-refractivity contribution in [3.8, 4) is 5.75 Å². The molecule has 2 rings (SSSR count). The zero-order valence-corrected chi connectivity index (χ0v) is 11.4. The summed E-state index contributed by atoms with van der Waals surface area (Å²) in [7, 11) is 0. The first-order valence-electron chi connectivity index (χ1n) is 6.50. The van der Waals surface area contributed by atoms with Gasteiger partial charge < -0.3 is 15.2 Å². The molecule has 0 spiro atoms. The van der Waals surface area contributed by atoms with E-state index in [9.17, 15) is 0 Å². The van der Waals surface area contributed by atoms with Crippen molar-refractivity contribution in [1.29, 1.82) is 0 Å². The van der Waals surface area contributed by atoms with Gasteiger partial charge in [0.25, 0.3) is 0 Å². The van der Waals surface area contributed by atoms with E-state index in [-0.39, 0.29) is 6.61 Å². The van der Waals surface area contributed by atoms with Crippen LogP contribution in [0.5, 0.6) is 5.75 Å². The van der Waals surface area contributed by atoms with Crippen LogP contribution in [0.25, 0.3) is 0 Å². The number of benzene rings is 1. The topological polar surface area (TPSA) is 41.5 Å². The third-order valence-electron chi connectivity index (χ3n) is 3.31. The predicted molar refractivity (Wildman–Crippen MR) is 73.2 cm³/mol. The molecule has 0 bridgehead atoms. The van der Waals surface area contributed by atoms with E-state index in [0.717, 1.165) is 30.6 Å². The maximum atomic E-state index is 8.85. The van der Waals surface area contributed by atoms with Gasteiger partial charge in [0, 0.05) is 30.7 Å². The lowest BCUT2D eigenvalue weighted by atomic mass is 9.99. The number of hydrogen-bond acceptors (Lipinski definition) is 3. The minimum Gasteiger partial charge on any atom is -0.492 e. The third-order valence-corrected chi connectivity index (χ3v) is 3.60. The van der Waals surface area contributed by atoms with E-state index in [1.807, 2.05) is 12.1 Å². The molecule has 3 nitrogen and oxygen atoms in total. The molecule has 0 saturated carbocycles. The maximum absolute atomic E-state index is 8.85. The van der Waals surface area contributed by atoms with Crippen molar-refractivity contribution in [1.82, 2.24) is 5.32 Å². The molecule has 0 amide bonds. The SMILES string of the molecule is CC(CCCO)NC1CCOc2c(Cl)cccc21. The fraction of sp³-hybridized carbons (Fsp3) is 0.571. The van der Waals surface area contributed by atoms with Crippen LogP contribution >= 0.6 is 11.6 Å². The van der Waals surface area contributed by atoms with Crippen LogP contribution in [0.2, 0.25) is 5.02 Å². The van der Waals surface area contributed by atoms with E-state index in [4.69, 9.17) is 21.4 Å². The smallest absolute Gasteiger partial charge is 0.142 e. The number of aliphatic hydroxyl groups is 1. The fourth-order valence-electron chi connectivity index (χ4n) is 2.38. The van der Waals surface area contributed by atoms with Crippen LogP contribution in [-0.4, -0.2) is 24.4 Å². The Morgan fingerprint density at radius 2 is 2.39 bits per heavy atom. The highest BCUT2D eigenvalue weighted by Gasteiger charge is 2.23. The first kappa shape index (κ1) is 13.7. The first-order valence-corrected chi connectivity index (χ1v) is 6.88. The highest BCUT2D eigenvalue weighted by atomic mass is 35.5. The molecule has 1 aliphatic heterocycles. The van der Waals surface area contributed by atoms with E-state index in [1.165, 1.54) is 0 Å². The lowest BCUT2D eigenvalue weighted by Crippen LogP contribution is -2.34. The molecule has 100 valence electrons. The summed E-state index contributed by atoms with van der Waals surface area (Å²) < 4.78 is 5.64. The monoisotopic (exact) mass is 269 g/mol. The number of rotatable bonds is 5. The van der Waals surface area contributed by atoms with E-state index in [2.05, 4.69) is 18.3 Å². The second kappa shape index (κ2) is 6.41. The molecule has 1 aromatic carbocycles. The van der Waals surface area contributed by atoms with Crippen molar-refractivity contribution in [2.45, 2.75) is 38.3 Å². The Kier molecular flexibility index (Phi) is 4.87. The molecule has 1 heterocycles. The van der Waals surface area contributed by atoms with Crippen LogP contribution in [-0.2, 0) is 0 Å². The van der Waals surface area contributed by atoms with Gasteiger partial charge in [-0.25, -0.2) is 0 Å². The maximum Gasteiger partial charge on any atom is 0.142 e. The highest BCUT2D eigenvalue weighted by Crippen LogP contribution is 2.37. The zero-order chi connectivity index (χ0) is 13.0. The number of ether oxygens (including phenoxy) is 1. The number of aliphatic hydroxyl groups excluding tert-OH is 1. The van der Waals surface area contributed by atoms with Crippen molar-refractivity contribution in [3.63, 3.8) is 0 Å². The van der Waals surface area contributed by atoms with Crippen LogP contribution in [0, 0.1) is 0 Å². The number of nitrogens with one attached hydrogen (secondary N) is 1. The minimum atomic E-state index is 0.252. The van der Waals surface area contributed by atoms with Crippen molar-refractivity contribution in [2.24, 2.45) is 0 Å². The van der Waals surface area contributed by atoms with Crippen LogP contribution in [0.4, 0.5) is 0 Å². The van der Waals surface area contributed by atoms with Gasteiger partial charge >= 0.3 is 0 Å². The second-order valence-electron chi connectivity index (χ2n) is 4.78. The summed E-state index contributed by atoms with van der Waals surface area (Å²) in [5, 5.41) is 13.1. The van der Waals surface area contributed by atoms with E-state index < -0.39 is 0 Å². The molecule has 0 aromatic heterocycles. The molecule has 1 aliphatic rings. The normalized spacial score (nSPS) is 20.1. The lowest BCUT2D eigenvalue weighted by Gasteiger charge is -2.29. The van der Waals surface area contributed by atoms with E-state index in [1.54, 1.807) is 0 Å². The van der Waals surface area contributed by atoms with Gasteiger partial charge in [-0.3, -0.25) is 0 Å². The molecule has 1 aromatic rings. The van der Waals surface area contributed by atoms with Gasteiger partial charge in [-0.15, -0.1) is 0 Å². The largest absolute Gasteiger partial charge is 0.492 e. The summed E-state index contributed by atoms with van der Waals surface area (Å²) in [5.41, 5.74) is 1.14. The van der Waals surface area contributed by atoms with Gasteiger partial charge in [-0.05, 0) is 25.8 Å². The molecular weight excluding hydrogens is 250 g/mol. The molecule has 0 saturated heterocycles. The van der Waals surface area contributed by atoms with Crippen LogP contribution in [0.1, 0.15) is 37.8 Å². The van der Waals surface area contributed by atoms with Gasteiger partial charge in [0.2, 0.25) is 0 Å². The van der Waals surface area contributed by atoms with Crippen LogP contribution < -0.4 is 10.1 Å². The number of hydrogen-bond donors (Lipinski definition) is 2. The van der Waals surface area contributed by atoms with Crippen molar-refractivity contribution >= 4 is 11.6 Å². The van der Waals surface area contributed by atoms with Gasteiger partial charge in [-0.1, -0.05) is 23.7 Å². The van der Waals surface area contributed by atoms with Crippen molar-refractivity contribution < 1.29 is 9.84 Å². The Bertz CT molecular complexity index is 397. The Hall–Kier alpha value is -0.770. The molecule has 0 radical (unpaired) electrons. The third kappa shape index (κ3) is 3.16. The first-order chi connectivity index (χ1) is 8.72. The minimum absolute atomic E-state index is 0.252. The van der Waals surface area contributed by atoms with Crippen molar-refractivity contribution in [2.75, 3.05) is 13.2 Å². The molecule has 0 aliphatic carbocycles. The predicted octanol–water partition coefficient (Wildman–Crippen LogP) is 2.91. The number of para-hydroxylation sites is 1. The molecule has 2 unspecified atom stereocenters. The van der Waals surface area contributed by atoms with E-state index >= 15 is 0 Å². The Labute approximate surface area is 113 Å². The van der Waals surface area contributed by atoms with Crippen LogP contribution in [0.15, 0.2) is 18.2 Å². The second-order valence-corrected chi connectivity index (χ2v) is 5.19. The summed E-state index contributed by atoms with van der Waals surface area (Å²) in [6.07, 6.45) is 2.76. The summed E-state index contributed by atoms with van der Waals surface area (Å²) in [5.74, 6) is 0.817. The molecule has 2 N–H and O–H groups in total. The summed E-state index contributed by atoms with van der Waals surface area (Å²) in [6.45, 7) is 3.10. The van der Waals surface area contributed by atoms with Crippen molar-refractivity contribution in [3.05, 3.63) is 28.8 Å².